The zero-order valence-corrected chi connectivity index (χ0v) is 12.5. The monoisotopic (exact) mass is 252 g/mol. The lowest BCUT2D eigenvalue weighted by molar-refractivity contribution is -0.133. The number of carbonyl (C=O) groups excluding carboxylic acids is 1. The topological polar surface area (TPSA) is 32.3 Å². The van der Waals surface area contributed by atoms with Crippen molar-refractivity contribution in [3.05, 3.63) is 0 Å². The second kappa shape index (κ2) is 4.52. The fraction of sp³-hybridized carbons (Fsp3) is 0.933. The third kappa shape index (κ3) is 2.71. The highest BCUT2D eigenvalue weighted by molar-refractivity contribution is 5.84. The van der Waals surface area contributed by atoms with Gasteiger partial charge in [0.25, 0.3) is 0 Å². The van der Waals surface area contributed by atoms with Gasteiger partial charge < -0.3 is 4.90 Å². The highest BCUT2D eigenvalue weighted by Gasteiger charge is 2.44. The van der Waals surface area contributed by atoms with Gasteiger partial charge in [0.15, 0.2) is 0 Å². The van der Waals surface area contributed by atoms with Gasteiger partial charge in [-0.3, -0.25) is 10.1 Å². The van der Waals surface area contributed by atoms with Crippen molar-refractivity contribution < 1.29 is 4.79 Å². The Hall–Kier alpha value is -0.570. The summed E-state index contributed by atoms with van der Waals surface area (Å²) in [5.41, 5.74) is 0.688. The van der Waals surface area contributed by atoms with Crippen molar-refractivity contribution in [3.63, 3.8) is 0 Å². The van der Waals surface area contributed by atoms with Crippen LogP contribution in [-0.4, -0.2) is 29.6 Å². The molecule has 1 saturated heterocycles. The molecule has 1 aliphatic carbocycles. The van der Waals surface area contributed by atoms with Crippen LogP contribution in [0.4, 0.5) is 0 Å². The van der Waals surface area contributed by atoms with E-state index in [4.69, 9.17) is 0 Å². The Labute approximate surface area is 111 Å². The molecule has 1 saturated carbocycles. The molecule has 1 unspecified atom stereocenters. The Kier molecular flexibility index (Phi) is 3.48. The maximum atomic E-state index is 12.3. The molecular weight excluding hydrogens is 224 g/mol. The third-order valence-electron chi connectivity index (χ3n) is 4.47. The van der Waals surface area contributed by atoms with Gasteiger partial charge in [-0.25, -0.2) is 0 Å². The molecule has 18 heavy (non-hydrogen) atoms. The fourth-order valence-electron chi connectivity index (χ4n) is 4.21. The Morgan fingerprint density at radius 2 is 1.78 bits per heavy atom. The van der Waals surface area contributed by atoms with E-state index in [0.717, 1.165) is 25.9 Å². The summed E-state index contributed by atoms with van der Waals surface area (Å²) in [4.78, 5) is 14.4. The SMILES string of the molecule is CCC1NCN(C2CC(C)(C)CC(C)(C)C2)C1=O. The first-order valence-corrected chi connectivity index (χ1v) is 7.28. The number of amides is 1. The summed E-state index contributed by atoms with van der Waals surface area (Å²) in [6.45, 7) is 12.2. The molecule has 1 atom stereocenters. The highest BCUT2D eigenvalue weighted by Crippen LogP contribution is 2.47. The number of carbonyl (C=O) groups is 1. The zero-order valence-electron chi connectivity index (χ0n) is 12.5. The van der Waals surface area contributed by atoms with Crippen LogP contribution < -0.4 is 5.32 Å². The van der Waals surface area contributed by atoms with E-state index in [1.807, 2.05) is 0 Å². The molecule has 1 heterocycles. The van der Waals surface area contributed by atoms with Crippen LogP contribution in [0.3, 0.4) is 0 Å². The lowest BCUT2D eigenvalue weighted by Gasteiger charge is -2.47. The fourth-order valence-corrected chi connectivity index (χ4v) is 4.21. The average Bonchev–Trinajstić information content (AvgIpc) is 2.54. The predicted octanol–water partition coefficient (Wildman–Crippen LogP) is 2.76. The Balaban J connectivity index is 2.12. The average molecular weight is 252 g/mol. The molecule has 1 amide bonds. The number of nitrogens with zero attached hydrogens (tertiary/aromatic N) is 1. The van der Waals surface area contributed by atoms with Crippen LogP contribution in [0.25, 0.3) is 0 Å². The van der Waals surface area contributed by atoms with Gasteiger partial charge in [0.05, 0.1) is 12.7 Å². The predicted molar refractivity (Wildman–Crippen MR) is 74.1 cm³/mol. The molecule has 0 aromatic heterocycles. The van der Waals surface area contributed by atoms with Crippen molar-refractivity contribution in [2.75, 3.05) is 6.67 Å². The smallest absolute Gasteiger partial charge is 0.241 e. The second-order valence-electron chi connectivity index (χ2n) is 7.70. The van der Waals surface area contributed by atoms with E-state index in [1.165, 1.54) is 6.42 Å². The Morgan fingerprint density at radius 3 is 2.22 bits per heavy atom. The van der Waals surface area contributed by atoms with E-state index in [-0.39, 0.29) is 6.04 Å². The molecule has 0 radical (unpaired) electrons. The minimum absolute atomic E-state index is 0.0538. The maximum absolute atomic E-state index is 12.3. The summed E-state index contributed by atoms with van der Waals surface area (Å²) < 4.78 is 0. The van der Waals surface area contributed by atoms with E-state index >= 15 is 0 Å². The number of nitrogens with one attached hydrogen (secondary N) is 1. The van der Waals surface area contributed by atoms with Crippen molar-refractivity contribution >= 4 is 5.91 Å². The van der Waals surface area contributed by atoms with Crippen LogP contribution >= 0.6 is 0 Å². The normalized spacial score (nSPS) is 31.9. The summed E-state index contributed by atoms with van der Waals surface area (Å²) in [6, 6.07) is 0.471. The highest BCUT2D eigenvalue weighted by atomic mass is 16.2. The van der Waals surface area contributed by atoms with E-state index in [1.54, 1.807) is 0 Å². The molecule has 0 spiro atoms. The third-order valence-corrected chi connectivity index (χ3v) is 4.47. The quantitative estimate of drug-likeness (QED) is 0.819. The van der Waals surface area contributed by atoms with E-state index in [0.29, 0.717) is 22.8 Å². The van der Waals surface area contributed by atoms with Gasteiger partial charge in [0.2, 0.25) is 5.91 Å². The lowest BCUT2D eigenvalue weighted by atomic mass is 9.63. The Bertz CT molecular complexity index is 319. The first-order valence-electron chi connectivity index (χ1n) is 7.28. The summed E-state index contributed by atoms with van der Waals surface area (Å²) in [6.07, 6.45) is 4.43. The molecule has 3 nitrogen and oxygen atoms in total. The minimum atomic E-state index is 0.0538. The van der Waals surface area contributed by atoms with Gasteiger partial charge in [-0.1, -0.05) is 34.6 Å². The van der Waals surface area contributed by atoms with Crippen LogP contribution in [0.15, 0.2) is 0 Å². The summed E-state index contributed by atoms with van der Waals surface area (Å²) in [7, 11) is 0. The summed E-state index contributed by atoms with van der Waals surface area (Å²) in [5.74, 6) is 0.316. The number of hydrogen-bond donors (Lipinski definition) is 1. The van der Waals surface area contributed by atoms with Crippen LogP contribution in [-0.2, 0) is 4.79 Å². The van der Waals surface area contributed by atoms with Gasteiger partial charge >= 0.3 is 0 Å². The van der Waals surface area contributed by atoms with Crippen molar-refractivity contribution in [2.24, 2.45) is 10.8 Å². The van der Waals surface area contributed by atoms with Crippen molar-refractivity contribution in [3.8, 4) is 0 Å². The van der Waals surface area contributed by atoms with Gasteiger partial charge in [0.1, 0.15) is 0 Å². The first-order chi connectivity index (χ1) is 8.24. The molecule has 3 heteroatoms. The van der Waals surface area contributed by atoms with E-state index in [9.17, 15) is 4.79 Å². The van der Waals surface area contributed by atoms with E-state index in [2.05, 4.69) is 44.8 Å². The number of hydrogen-bond acceptors (Lipinski definition) is 2. The molecule has 1 aliphatic heterocycles. The standard InChI is InChI=1S/C15H28N2O/c1-6-12-13(18)17(10-16-12)11-7-14(2,3)9-15(4,5)8-11/h11-12,16H,6-10H2,1-5H3. The van der Waals surface area contributed by atoms with Crippen LogP contribution in [0.5, 0.6) is 0 Å². The zero-order chi connectivity index (χ0) is 13.6. The molecule has 0 bridgehead atoms. The summed E-state index contributed by atoms with van der Waals surface area (Å²) >= 11 is 0. The van der Waals surface area contributed by atoms with Crippen molar-refractivity contribution in [2.45, 2.75) is 72.4 Å². The first kappa shape index (κ1) is 13.9. The molecule has 104 valence electrons. The van der Waals surface area contributed by atoms with Crippen molar-refractivity contribution in [1.82, 2.24) is 10.2 Å². The minimum Gasteiger partial charge on any atom is -0.326 e. The van der Waals surface area contributed by atoms with Gasteiger partial charge in [-0.15, -0.1) is 0 Å². The van der Waals surface area contributed by atoms with Crippen LogP contribution in [0, 0.1) is 10.8 Å². The van der Waals surface area contributed by atoms with Gasteiger partial charge in [-0.2, -0.15) is 0 Å². The second-order valence-corrected chi connectivity index (χ2v) is 7.70. The summed E-state index contributed by atoms with van der Waals surface area (Å²) in [5, 5.41) is 3.33. The maximum Gasteiger partial charge on any atom is 0.241 e. The number of rotatable bonds is 2. The molecule has 2 aliphatic rings. The van der Waals surface area contributed by atoms with Crippen LogP contribution in [0.1, 0.15) is 60.3 Å². The molecule has 1 N–H and O–H groups in total. The van der Waals surface area contributed by atoms with Crippen molar-refractivity contribution in [1.29, 1.82) is 0 Å². The van der Waals surface area contributed by atoms with Gasteiger partial charge in [-0.05, 0) is 36.5 Å². The molecule has 0 aromatic rings. The van der Waals surface area contributed by atoms with Gasteiger partial charge in [0, 0.05) is 6.04 Å². The molecule has 0 aromatic carbocycles. The largest absolute Gasteiger partial charge is 0.326 e. The van der Waals surface area contributed by atoms with Crippen LogP contribution in [0.2, 0.25) is 0 Å². The van der Waals surface area contributed by atoms with E-state index < -0.39 is 0 Å². The molecule has 2 fully saturated rings. The lowest BCUT2D eigenvalue weighted by Crippen LogP contribution is -2.47. The molecular formula is C15H28N2O. The Morgan fingerprint density at radius 1 is 1.22 bits per heavy atom. The molecule has 2 rings (SSSR count).